The number of benzene rings is 3. The van der Waals surface area contributed by atoms with E-state index in [9.17, 15) is 0 Å². The minimum absolute atomic E-state index is 0.923. The van der Waals surface area contributed by atoms with E-state index >= 15 is 0 Å². The fourth-order valence-corrected chi connectivity index (χ4v) is 2.67. The normalized spacial score (nSPS) is 11.2. The van der Waals surface area contributed by atoms with Gasteiger partial charge >= 0.3 is 0 Å². The van der Waals surface area contributed by atoms with Crippen molar-refractivity contribution in [3.05, 3.63) is 72.3 Å². The molecule has 1 radical (unpaired) electrons. The van der Waals surface area contributed by atoms with Crippen LogP contribution in [0.4, 0.5) is 0 Å². The predicted molar refractivity (Wildman–Crippen MR) is 82.7 cm³/mol. The van der Waals surface area contributed by atoms with Crippen LogP contribution < -0.4 is 0 Å². The van der Waals surface area contributed by atoms with E-state index < -0.39 is 0 Å². The molecule has 0 aliphatic rings. The molecule has 0 atom stereocenters. The van der Waals surface area contributed by atoms with Crippen molar-refractivity contribution in [1.82, 2.24) is 0 Å². The van der Waals surface area contributed by atoms with E-state index in [0.29, 0.717) is 0 Å². The molecule has 1 heteroatoms. The molecule has 3 aromatic carbocycles. The Morgan fingerprint density at radius 3 is 2.50 bits per heavy atom. The first-order valence-electron chi connectivity index (χ1n) is 6.72. The molecular formula is C19H13O. The first kappa shape index (κ1) is 11.3. The molecular weight excluding hydrogens is 244 g/mol. The van der Waals surface area contributed by atoms with Crippen LogP contribution in [0.2, 0.25) is 0 Å². The Hall–Kier alpha value is -2.54. The van der Waals surface area contributed by atoms with Crippen LogP contribution in [0.25, 0.3) is 33.1 Å². The van der Waals surface area contributed by atoms with Gasteiger partial charge in [0.2, 0.25) is 0 Å². The molecule has 0 spiro atoms. The largest absolute Gasteiger partial charge is 0.456 e. The Bertz CT molecular complexity index is 901. The van der Waals surface area contributed by atoms with Crippen molar-refractivity contribution in [2.75, 3.05) is 0 Å². The van der Waals surface area contributed by atoms with Crippen LogP contribution in [0.15, 0.2) is 65.1 Å². The fourth-order valence-electron chi connectivity index (χ4n) is 2.67. The summed E-state index contributed by atoms with van der Waals surface area (Å²) in [6, 6.07) is 24.1. The highest BCUT2D eigenvalue weighted by Crippen LogP contribution is 2.33. The van der Waals surface area contributed by atoms with Crippen molar-refractivity contribution in [1.29, 1.82) is 0 Å². The Kier molecular flexibility index (Phi) is 2.40. The zero-order chi connectivity index (χ0) is 13.5. The monoisotopic (exact) mass is 257 g/mol. The summed E-state index contributed by atoms with van der Waals surface area (Å²) in [5, 5.41) is 2.20. The molecule has 0 N–H and O–H groups in total. The third-order valence-electron chi connectivity index (χ3n) is 3.66. The van der Waals surface area contributed by atoms with Gasteiger partial charge in [-0.15, -0.1) is 0 Å². The molecule has 1 aromatic heterocycles. The van der Waals surface area contributed by atoms with Crippen molar-refractivity contribution in [3.8, 4) is 11.1 Å². The van der Waals surface area contributed by atoms with Gasteiger partial charge in [-0.1, -0.05) is 48.5 Å². The lowest BCUT2D eigenvalue weighted by molar-refractivity contribution is 0.666. The summed E-state index contributed by atoms with van der Waals surface area (Å²) < 4.78 is 5.94. The maximum atomic E-state index is 5.94. The topological polar surface area (TPSA) is 13.1 Å². The van der Waals surface area contributed by atoms with Crippen molar-refractivity contribution in [2.45, 2.75) is 6.92 Å². The van der Waals surface area contributed by atoms with Gasteiger partial charge in [0.15, 0.2) is 0 Å². The van der Waals surface area contributed by atoms with E-state index in [4.69, 9.17) is 4.42 Å². The van der Waals surface area contributed by atoms with Gasteiger partial charge in [-0.25, -0.2) is 0 Å². The van der Waals surface area contributed by atoms with Gasteiger partial charge in [0.25, 0.3) is 0 Å². The summed E-state index contributed by atoms with van der Waals surface area (Å²) >= 11 is 0. The number of hydrogen-bond donors (Lipinski definition) is 0. The van der Waals surface area contributed by atoms with Crippen molar-refractivity contribution in [3.63, 3.8) is 0 Å². The molecule has 0 saturated carbocycles. The first-order chi connectivity index (χ1) is 9.83. The molecule has 4 aromatic rings. The van der Waals surface area contributed by atoms with Crippen LogP contribution in [0.3, 0.4) is 0 Å². The van der Waals surface area contributed by atoms with Crippen molar-refractivity contribution < 1.29 is 4.42 Å². The Balaban J connectivity index is 2.08. The summed E-state index contributed by atoms with van der Waals surface area (Å²) in [6.07, 6.45) is 0. The average Bonchev–Trinajstić information content (AvgIpc) is 2.88. The molecule has 0 saturated heterocycles. The SMILES string of the molecule is Cc1cc(-c2ccccc2)[c]c2c1oc1ccccc12. The summed E-state index contributed by atoms with van der Waals surface area (Å²) in [5.41, 5.74) is 5.30. The number of rotatable bonds is 1. The van der Waals surface area contributed by atoms with Gasteiger partial charge in [-0.05, 0) is 35.7 Å². The maximum Gasteiger partial charge on any atom is 0.138 e. The molecule has 4 rings (SSSR count). The molecule has 0 unspecified atom stereocenters. The molecule has 1 heterocycles. The Morgan fingerprint density at radius 1 is 0.900 bits per heavy atom. The van der Waals surface area contributed by atoms with E-state index in [-0.39, 0.29) is 0 Å². The third-order valence-corrected chi connectivity index (χ3v) is 3.66. The number of hydrogen-bond acceptors (Lipinski definition) is 1. The highest BCUT2D eigenvalue weighted by atomic mass is 16.3. The summed E-state index contributed by atoms with van der Waals surface area (Å²) in [5.74, 6) is 0. The van der Waals surface area contributed by atoms with Crippen LogP contribution >= 0.6 is 0 Å². The molecule has 0 fully saturated rings. The van der Waals surface area contributed by atoms with Gasteiger partial charge in [-0.3, -0.25) is 0 Å². The standard InChI is InChI=1S/C19H13O/c1-13-11-15(14-7-3-2-4-8-14)12-17-16-9-5-6-10-18(16)20-19(13)17/h2-11H,1H3. The zero-order valence-corrected chi connectivity index (χ0v) is 11.2. The average molecular weight is 257 g/mol. The Labute approximate surface area is 117 Å². The predicted octanol–water partition coefficient (Wildman–Crippen LogP) is 5.36. The number of furan rings is 1. The minimum atomic E-state index is 0.923. The van der Waals surface area contributed by atoms with Crippen LogP contribution in [-0.4, -0.2) is 0 Å². The minimum Gasteiger partial charge on any atom is -0.456 e. The number of fused-ring (bicyclic) bond motifs is 3. The van der Waals surface area contributed by atoms with Crippen LogP contribution in [0.1, 0.15) is 5.56 Å². The summed E-state index contributed by atoms with van der Waals surface area (Å²) in [4.78, 5) is 0. The highest BCUT2D eigenvalue weighted by Gasteiger charge is 2.11. The molecule has 0 bridgehead atoms. The van der Waals surface area contributed by atoms with Crippen LogP contribution in [0.5, 0.6) is 0 Å². The smallest absolute Gasteiger partial charge is 0.138 e. The molecule has 1 nitrogen and oxygen atoms in total. The number of aryl methyl sites for hydroxylation is 1. The third kappa shape index (κ3) is 1.64. The highest BCUT2D eigenvalue weighted by molar-refractivity contribution is 6.06. The van der Waals surface area contributed by atoms with E-state index in [1.807, 2.05) is 24.3 Å². The Morgan fingerprint density at radius 2 is 1.65 bits per heavy atom. The van der Waals surface area contributed by atoms with E-state index in [1.165, 1.54) is 5.56 Å². The van der Waals surface area contributed by atoms with Gasteiger partial charge in [0.1, 0.15) is 11.2 Å². The van der Waals surface area contributed by atoms with Crippen molar-refractivity contribution in [2.24, 2.45) is 0 Å². The lowest BCUT2D eigenvalue weighted by Gasteiger charge is -2.03. The van der Waals surface area contributed by atoms with E-state index in [0.717, 1.165) is 33.1 Å². The van der Waals surface area contributed by atoms with Gasteiger partial charge < -0.3 is 4.42 Å². The quantitative estimate of drug-likeness (QED) is 0.447. The first-order valence-corrected chi connectivity index (χ1v) is 6.72. The van der Waals surface area contributed by atoms with Crippen LogP contribution in [-0.2, 0) is 0 Å². The van der Waals surface area contributed by atoms with Gasteiger partial charge in [-0.2, -0.15) is 0 Å². The summed E-state index contributed by atoms with van der Waals surface area (Å²) in [6.45, 7) is 2.09. The lowest BCUT2D eigenvalue weighted by Crippen LogP contribution is -1.81. The second-order valence-electron chi connectivity index (χ2n) is 5.03. The van der Waals surface area contributed by atoms with Crippen LogP contribution in [0, 0.1) is 13.0 Å². The second kappa shape index (κ2) is 4.24. The fraction of sp³-hybridized carbons (Fsp3) is 0.0526. The summed E-state index contributed by atoms with van der Waals surface area (Å²) in [7, 11) is 0. The van der Waals surface area contributed by atoms with Gasteiger partial charge in [0, 0.05) is 16.8 Å². The van der Waals surface area contributed by atoms with E-state index in [2.05, 4.69) is 49.4 Å². The molecule has 0 amide bonds. The molecule has 0 aliphatic heterocycles. The van der Waals surface area contributed by atoms with Gasteiger partial charge in [0.05, 0.1) is 0 Å². The van der Waals surface area contributed by atoms with Crippen molar-refractivity contribution >= 4 is 21.9 Å². The lowest BCUT2D eigenvalue weighted by atomic mass is 10.00. The maximum absolute atomic E-state index is 5.94. The zero-order valence-electron chi connectivity index (χ0n) is 11.2. The molecule has 0 aliphatic carbocycles. The second-order valence-corrected chi connectivity index (χ2v) is 5.03. The number of para-hydroxylation sites is 1. The van der Waals surface area contributed by atoms with E-state index in [1.54, 1.807) is 0 Å². The molecule has 20 heavy (non-hydrogen) atoms. The molecule has 95 valence electrons.